The maximum Gasteiger partial charge on any atom is 0.260 e. The molecular weight excluding hydrogens is 648 g/mol. The van der Waals surface area contributed by atoms with Crippen molar-refractivity contribution in [3.05, 3.63) is 99.3 Å². The van der Waals surface area contributed by atoms with Crippen LogP contribution in [0.5, 0.6) is 11.5 Å². The van der Waals surface area contributed by atoms with E-state index in [1.165, 1.54) is 36.3 Å². The van der Waals surface area contributed by atoms with Gasteiger partial charge in [0.15, 0.2) is 11.6 Å². The molecule has 2 heterocycles. The number of amides is 4. The number of hydrazine groups is 1. The number of carbonyl (C=O) groups is 4. The van der Waals surface area contributed by atoms with E-state index in [2.05, 4.69) is 5.43 Å². The maximum absolute atomic E-state index is 15.2. The quantitative estimate of drug-likeness (QED) is 0.248. The van der Waals surface area contributed by atoms with Crippen LogP contribution in [0.2, 0.25) is 10.0 Å². The number of carbonyl (C=O) groups excluding carboxylic acids is 4. The number of para-hydroxylation sites is 1. The molecule has 2 N–H and O–H groups in total. The van der Waals surface area contributed by atoms with Crippen LogP contribution >= 0.6 is 23.2 Å². The molecular formula is C35H30Cl2FN3O6. The third kappa shape index (κ3) is 4.41. The van der Waals surface area contributed by atoms with Gasteiger partial charge in [0.05, 0.1) is 41.0 Å². The van der Waals surface area contributed by atoms with Gasteiger partial charge in [-0.1, -0.05) is 59.1 Å². The summed E-state index contributed by atoms with van der Waals surface area (Å²) < 4.78 is 20.6. The SMILES string of the molecule is CCN1C(=O)[C@H]2[C@H](CC=C3[C@H]2C[C@H]2C(=O)N(Nc4ccc(Cl)cc4Cl)C(=O)[C@@]2(c2ccc(OC)cc2)[C@H]3c2cccc(F)c2O)C1=O. The van der Waals surface area contributed by atoms with Gasteiger partial charge in [-0.25, -0.2) is 4.39 Å². The van der Waals surface area contributed by atoms with Gasteiger partial charge in [0.1, 0.15) is 5.75 Å². The van der Waals surface area contributed by atoms with Gasteiger partial charge in [-0.05, 0) is 67.6 Å². The first kappa shape index (κ1) is 31.2. The number of allylic oxidation sites excluding steroid dienone is 2. The molecule has 3 fully saturated rings. The van der Waals surface area contributed by atoms with E-state index in [1.54, 1.807) is 37.3 Å². The summed E-state index contributed by atoms with van der Waals surface area (Å²) in [4.78, 5) is 58.1. The molecule has 0 radical (unpaired) electrons. The Hall–Kier alpha value is -4.41. The number of ether oxygens (including phenoxy) is 1. The number of rotatable bonds is 6. The first-order chi connectivity index (χ1) is 22.5. The number of fused-ring (bicyclic) bond motifs is 4. The smallest absolute Gasteiger partial charge is 0.260 e. The molecule has 6 atom stereocenters. The Labute approximate surface area is 279 Å². The lowest BCUT2D eigenvalue weighted by Crippen LogP contribution is -2.53. The molecule has 0 unspecified atom stereocenters. The molecule has 1 saturated carbocycles. The highest BCUT2D eigenvalue weighted by atomic mass is 35.5. The Balaban J connectivity index is 1.48. The number of methoxy groups -OCH3 is 1. The molecule has 0 bridgehead atoms. The third-order valence-corrected chi connectivity index (χ3v) is 10.9. The average Bonchev–Trinajstić information content (AvgIpc) is 3.44. The molecule has 0 spiro atoms. The molecule has 4 aliphatic rings. The van der Waals surface area contributed by atoms with Crippen molar-refractivity contribution in [1.29, 1.82) is 0 Å². The summed E-state index contributed by atoms with van der Waals surface area (Å²) in [6.07, 6.45) is 2.12. The summed E-state index contributed by atoms with van der Waals surface area (Å²) in [5, 5.41) is 12.7. The first-order valence-electron chi connectivity index (χ1n) is 15.3. The Morgan fingerprint density at radius 1 is 1.00 bits per heavy atom. The van der Waals surface area contributed by atoms with Crippen LogP contribution in [-0.2, 0) is 24.6 Å². The van der Waals surface area contributed by atoms with Crippen molar-refractivity contribution in [2.75, 3.05) is 19.1 Å². The second-order valence-corrected chi connectivity index (χ2v) is 13.2. The van der Waals surface area contributed by atoms with Gasteiger partial charge in [-0.2, -0.15) is 5.01 Å². The summed E-state index contributed by atoms with van der Waals surface area (Å²) in [6, 6.07) is 15.4. The molecule has 0 aromatic heterocycles. The Morgan fingerprint density at radius 2 is 1.74 bits per heavy atom. The van der Waals surface area contributed by atoms with E-state index in [-0.39, 0.29) is 47.5 Å². The van der Waals surface area contributed by atoms with Crippen LogP contribution in [0.1, 0.15) is 36.8 Å². The van der Waals surface area contributed by atoms with E-state index in [1.807, 2.05) is 6.08 Å². The number of nitrogens with one attached hydrogen (secondary N) is 1. The minimum atomic E-state index is -1.70. The molecule has 2 saturated heterocycles. The van der Waals surface area contributed by atoms with Gasteiger partial charge in [0.2, 0.25) is 11.8 Å². The van der Waals surface area contributed by atoms with Crippen LogP contribution in [0.25, 0.3) is 0 Å². The van der Waals surface area contributed by atoms with Crippen LogP contribution < -0.4 is 10.2 Å². The van der Waals surface area contributed by atoms with E-state index in [0.717, 1.165) is 11.1 Å². The molecule has 12 heteroatoms. The third-order valence-electron chi connectivity index (χ3n) is 10.3. The van der Waals surface area contributed by atoms with Crippen LogP contribution in [0.15, 0.2) is 72.3 Å². The van der Waals surface area contributed by atoms with E-state index >= 15 is 9.18 Å². The molecule has 7 rings (SSSR count). The Kier molecular flexibility index (Phi) is 7.56. The number of nitrogens with zero attached hydrogens (tertiary/aromatic N) is 2. The highest BCUT2D eigenvalue weighted by molar-refractivity contribution is 6.36. The molecule has 47 heavy (non-hydrogen) atoms. The fraction of sp³-hybridized carbons (Fsp3) is 0.314. The average molecular weight is 679 g/mol. The van der Waals surface area contributed by atoms with Crippen molar-refractivity contribution < 1.29 is 33.4 Å². The van der Waals surface area contributed by atoms with Crippen molar-refractivity contribution in [3.63, 3.8) is 0 Å². The topological polar surface area (TPSA) is 116 Å². The minimum absolute atomic E-state index is 0.0548. The predicted octanol–water partition coefficient (Wildman–Crippen LogP) is 5.85. The zero-order valence-corrected chi connectivity index (χ0v) is 26.9. The number of benzene rings is 3. The van der Waals surface area contributed by atoms with Crippen LogP contribution in [0, 0.1) is 29.5 Å². The number of phenols is 1. The molecule has 2 aliphatic carbocycles. The zero-order chi connectivity index (χ0) is 33.4. The molecule has 2 aliphatic heterocycles. The lowest BCUT2D eigenvalue weighted by Gasteiger charge is -2.50. The van der Waals surface area contributed by atoms with Crippen LogP contribution in [-0.4, -0.2) is 52.3 Å². The highest BCUT2D eigenvalue weighted by Crippen LogP contribution is 2.65. The number of halogens is 3. The molecule has 242 valence electrons. The van der Waals surface area contributed by atoms with Gasteiger partial charge < -0.3 is 9.84 Å². The molecule has 3 aromatic rings. The van der Waals surface area contributed by atoms with Gasteiger partial charge >= 0.3 is 0 Å². The number of phenolic OH excluding ortho intramolecular Hbond substituents is 1. The number of anilines is 1. The summed E-state index contributed by atoms with van der Waals surface area (Å²) >= 11 is 12.6. The van der Waals surface area contributed by atoms with Crippen molar-refractivity contribution in [1.82, 2.24) is 9.91 Å². The summed E-state index contributed by atoms with van der Waals surface area (Å²) in [7, 11) is 1.50. The number of imide groups is 2. The van der Waals surface area contributed by atoms with E-state index < -0.39 is 58.4 Å². The number of likely N-dealkylation sites (tertiary alicyclic amines) is 1. The zero-order valence-electron chi connectivity index (χ0n) is 25.4. The predicted molar refractivity (Wildman–Crippen MR) is 171 cm³/mol. The van der Waals surface area contributed by atoms with E-state index in [0.29, 0.717) is 21.9 Å². The second-order valence-electron chi connectivity index (χ2n) is 12.3. The van der Waals surface area contributed by atoms with Crippen molar-refractivity contribution in [2.24, 2.45) is 23.7 Å². The second kappa shape index (κ2) is 11.4. The lowest BCUT2D eigenvalue weighted by atomic mass is 9.49. The standard InChI is InChI=1S/C35H30Cl2FN3O6/c1-3-40-31(43)21-13-12-20-23(28(21)33(40)45)16-24-32(44)41(39-27-14-9-18(36)15-25(27)37)34(46)35(24,17-7-10-19(47-2)11-8-17)29(20)22-5-4-6-26(38)30(22)42/h4-12,14-15,21,23-24,28-29,39,42H,3,13,16H2,1-2H3/t21-,23+,24-,28-,29+,35+/m0/s1. The normalized spacial score (nSPS) is 28.2. The van der Waals surface area contributed by atoms with Crippen LogP contribution in [0.4, 0.5) is 10.1 Å². The van der Waals surface area contributed by atoms with E-state index in [9.17, 15) is 19.5 Å². The largest absolute Gasteiger partial charge is 0.505 e. The van der Waals surface area contributed by atoms with Gasteiger partial charge in [-0.3, -0.25) is 29.5 Å². The Morgan fingerprint density at radius 3 is 2.43 bits per heavy atom. The first-order valence-corrected chi connectivity index (χ1v) is 16.1. The van der Waals surface area contributed by atoms with Crippen molar-refractivity contribution >= 4 is 52.5 Å². The van der Waals surface area contributed by atoms with Crippen LogP contribution in [0.3, 0.4) is 0 Å². The summed E-state index contributed by atoms with van der Waals surface area (Å²) in [6.45, 7) is 1.94. The molecule has 4 amide bonds. The van der Waals surface area contributed by atoms with Crippen molar-refractivity contribution in [3.8, 4) is 11.5 Å². The highest BCUT2D eigenvalue weighted by Gasteiger charge is 2.70. The molecule has 9 nitrogen and oxygen atoms in total. The summed E-state index contributed by atoms with van der Waals surface area (Å²) in [5.41, 5.74) is 2.58. The summed E-state index contributed by atoms with van der Waals surface area (Å²) in [5.74, 6) is -7.11. The Bertz CT molecular complexity index is 1880. The van der Waals surface area contributed by atoms with Gasteiger partial charge in [-0.15, -0.1) is 0 Å². The minimum Gasteiger partial charge on any atom is -0.505 e. The number of aromatic hydroxyl groups is 1. The number of hydrogen-bond acceptors (Lipinski definition) is 7. The fourth-order valence-corrected chi connectivity index (χ4v) is 8.78. The van der Waals surface area contributed by atoms with Gasteiger partial charge in [0.25, 0.3) is 11.8 Å². The number of hydrogen-bond donors (Lipinski definition) is 2. The van der Waals surface area contributed by atoms with E-state index in [4.69, 9.17) is 27.9 Å². The molecule has 3 aromatic carbocycles. The monoisotopic (exact) mass is 677 g/mol. The maximum atomic E-state index is 15.2. The lowest BCUT2D eigenvalue weighted by molar-refractivity contribution is -0.141. The van der Waals surface area contributed by atoms with Crippen molar-refractivity contribution in [2.45, 2.75) is 31.1 Å². The fourth-order valence-electron chi connectivity index (χ4n) is 8.33. The van der Waals surface area contributed by atoms with Gasteiger partial charge in [0, 0.05) is 23.0 Å².